The summed E-state index contributed by atoms with van der Waals surface area (Å²) in [5.41, 5.74) is 6.39. The summed E-state index contributed by atoms with van der Waals surface area (Å²) in [6.07, 6.45) is 3.20. The van der Waals surface area contributed by atoms with Gasteiger partial charge in [-0.15, -0.1) is 0 Å². The van der Waals surface area contributed by atoms with E-state index in [-0.39, 0.29) is 6.10 Å². The van der Waals surface area contributed by atoms with Crippen LogP contribution in [-0.4, -0.2) is 44.3 Å². The van der Waals surface area contributed by atoms with Gasteiger partial charge in [0.25, 0.3) is 0 Å². The molecule has 7 heteroatoms. The molecule has 0 bridgehead atoms. The highest BCUT2D eigenvalue weighted by Crippen LogP contribution is 2.26. The van der Waals surface area contributed by atoms with E-state index in [0.717, 1.165) is 38.1 Å². The van der Waals surface area contributed by atoms with Crippen LogP contribution in [0.15, 0.2) is 29.3 Å². The van der Waals surface area contributed by atoms with Gasteiger partial charge in [-0.05, 0) is 44.4 Å². The number of ether oxygens (including phenoxy) is 1. The molecule has 0 radical (unpaired) electrons. The third kappa shape index (κ3) is 6.08. The Hall–Kier alpha value is -2.28. The molecule has 24 heavy (non-hydrogen) atoms. The summed E-state index contributed by atoms with van der Waals surface area (Å²) < 4.78 is 5.99. The van der Waals surface area contributed by atoms with Crippen LogP contribution in [0.5, 0.6) is 5.75 Å². The van der Waals surface area contributed by atoms with Gasteiger partial charge in [0.2, 0.25) is 0 Å². The number of rotatable bonds is 7. The first-order valence-corrected chi connectivity index (χ1v) is 8.49. The highest BCUT2D eigenvalue weighted by molar-refractivity contribution is 5.95. The number of hydrogen-bond donors (Lipinski definition) is 4. The van der Waals surface area contributed by atoms with E-state index in [1.807, 2.05) is 19.1 Å². The Morgan fingerprint density at radius 1 is 1.42 bits per heavy atom. The number of aryl methyl sites for hydroxylation is 1. The molecule has 7 nitrogen and oxygen atoms in total. The molecule has 132 valence electrons. The minimum Gasteiger partial charge on any atom is -0.489 e. The maximum atomic E-state index is 10.8. The minimum atomic E-state index is -0.609. The van der Waals surface area contributed by atoms with Gasteiger partial charge >= 0.3 is 6.03 Å². The van der Waals surface area contributed by atoms with Crippen molar-refractivity contribution in [3.05, 3.63) is 29.8 Å². The minimum absolute atomic E-state index is 0.220. The Labute approximate surface area is 143 Å². The first kappa shape index (κ1) is 18.1. The van der Waals surface area contributed by atoms with Crippen molar-refractivity contribution in [2.75, 3.05) is 26.2 Å². The summed E-state index contributed by atoms with van der Waals surface area (Å²) in [4.78, 5) is 15.1. The molecule has 2 rings (SSSR count). The van der Waals surface area contributed by atoms with Gasteiger partial charge in [0.1, 0.15) is 11.9 Å². The normalized spacial score (nSPS) is 16.9. The molecule has 0 aliphatic carbocycles. The average Bonchev–Trinajstić information content (AvgIpc) is 2.57. The lowest BCUT2D eigenvalue weighted by Gasteiger charge is -2.26. The molecule has 0 fully saturated rings. The van der Waals surface area contributed by atoms with Gasteiger partial charge in [-0.2, -0.15) is 0 Å². The van der Waals surface area contributed by atoms with Crippen molar-refractivity contribution in [3.63, 3.8) is 0 Å². The van der Waals surface area contributed by atoms with Crippen LogP contribution in [0, 0.1) is 0 Å². The lowest BCUT2D eigenvalue weighted by Crippen LogP contribution is -2.43. The number of hydrogen-bond acceptors (Lipinski definition) is 4. The topological polar surface area (TPSA) is 101 Å². The first-order valence-electron chi connectivity index (χ1n) is 8.49. The highest BCUT2D eigenvalue weighted by Gasteiger charge is 2.18. The van der Waals surface area contributed by atoms with E-state index >= 15 is 0 Å². The van der Waals surface area contributed by atoms with Gasteiger partial charge in [-0.3, -0.25) is 10.3 Å². The smallest absolute Gasteiger partial charge is 0.318 e. The van der Waals surface area contributed by atoms with E-state index in [1.165, 1.54) is 5.56 Å². The first-order chi connectivity index (χ1) is 11.7. The molecule has 1 aromatic rings. The number of carbonyl (C=O) groups is 1. The van der Waals surface area contributed by atoms with Crippen LogP contribution in [0.1, 0.15) is 25.3 Å². The fraction of sp³-hybridized carbons (Fsp3) is 0.529. The number of primary amides is 1. The Morgan fingerprint density at radius 2 is 2.25 bits per heavy atom. The summed E-state index contributed by atoms with van der Waals surface area (Å²) in [6, 6.07) is 7.61. The van der Waals surface area contributed by atoms with E-state index < -0.39 is 6.03 Å². The third-order valence-electron chi connectivity index (χ3n) is 3.74. The van der Waals surface area contributed by atoms with Crippen LogP contribution in [0.3, 0.4) is 0 Å². The summed E-state index contributed by atoms with van der Waals surface area (Å²) in [5.74, 6) is 1.44. The van der Waals surface area contributed by atoms with E-state index in [2.05, 4.69) is 33.1 Å². The molecule has 1 aliphatic heterocycles. The van der Waals surface area contributed by atoms with Crippen LogP contribution >= 0.6 is 0 Å². The van der Waals surface area contributed by atoms with Gasteiger partial charge in [-0.1, -0.05) is 18.2 Å². The monoisotopic (exact) mass is 333 g/mol. The fourth-order valence-electron chi connectivity index (χ4n) is 2.61. The lowest BCUT2D eigenvalue weighted by molar-refractivity contribution is 0.171. The fourth-order valence-corrected chi connectivity index (χ4v) is 2.61. The summed E-state index contributed by atoms with van der Waals surface area (Å²) >= 11 is 0. The van der Waals surface area contributed by atoms with Crippen molar-refractivity contribution in [2.45, 2.75) is 32.3 Å². The lowest BCUT2D eigenvalue weighted by atomic mass is 10.0. The molecular formula is C17H27N5O2. The maximum Gasteiger partial charge on any atom is 0.318 e. The van der Waals surface area contributed by atoms with Crippen LogP contribution in [0.4, 0.5) is 4.79 Å². The highest BCUT2D eigenvalue weighted by atomic mass is 16.5. The number of nitrogens with zero attached hydrogens (tertiary/aromatic N) is 1. The predicted molar refractivity (Wildman–Crippen MR) is 95.4 cm³/mol. The molecule has 5 N–H and O–H groups in total. The van der Waals surface area contributed by atoms with Gasteiger partial charge in [0.15, 0.2) is 5.96 Å². The number of guanidine groups is 1. The maximum absolute atomic E-state index is 10.8. The number of para-hydroxylation sites is 1. The second kappa shape index (κ2) is 9.77. The van der Waals surface area contributed by atoms with Crippen molar-refractivity contribution in [1.82, 2.24) is 16.0 Å². The SMILES string of the molecule is CCNC(=NCCCNCC1CCc2ccccc2O1)NC(N)=O. The third-order valence-corrected chi connectivity index (χ3v) is 3.74. The summed E-state index contributed by atoms with van der Waals surface area (Å²) in [5, 5.41) is 8.84. The van der Waals surface area contributed by atoms with Gasteiger partial charge in [-0.25, -0.2) is 4.79 Å². The molecule has 1 atom stereocenters. The quantitative estimate of drug-likeness (QED) is 0.340. The van der Waals surface area contributed by atoms with Crippen LogP contribution in [-0.2, 0) is 6.42 Å². The van der Waals surface area contributed by atoms with Crippen molar-refractivity contribution >= 4 is 12.0 Å². The van der Waals surface area contributed by atoms with E-state index in [9.17, 15) is 4.79 Å². The van der Waals surface area contributed by atoms with Crippen LogP contribution in [0.2, 0.25) is 0 Å². The standard InChI is InChI=1S/C17H27N5O2/c1-2-20-17(22-16(18)23)21-11-5-10-19-12-14-9-8-13-6-3-4-7-15(13)24-14/h3-4,6-7,14,19H,2,5,8-12H2,1H3,(H4,18,20,21,22,23). The second-order valence-corrected chi connectivity index (χ2v) is 5.69. The van der Waals surface area contributed by atoms with Gasteiger partial charge in [0, 0.05) is 19.6 Å². The van der Waals surface area contributed by atoms with E-state index in [1.54, 1.807) is 0 Å². The summed E-state index contributed by atoms with van der Waals surface area (Å²) in [7, 11) is 0. The zero-order valence-electron chi connectivity index (χ0n) is 14.2. The molecule has 2 amide bonds. The van der Waals surface area contributed by atoms with Crippen molar-refractivity contribution in [3.8, 4) is 5.75 Å². The van der Waals surface area contributed by atoms with E-state index in [0.29, 0.717) is 19.0 Å². The Bertz CT molecular complexity index is 562. The largest absolute Gasteiger partial charge is 0.489 e. The van der Waals surface area contributed by atoms with Crippen LogP contribution < -0.4 is 26.4 Å². The predicted octanol–water partition coefficient (Wildman–Crippen LogP) is 0.994. The Kier molecular flexibility index (Phi) is 7.35. The second-order valence-electron chi connectivity index (χ2n) is 5.69. The number of nitrogens with two attached hydrogens (primary N) is 1. The number of amides is 2. The molecule has 1 aromatic carbocycles. The van der Waals surface area contributed by atoms with Gasteiger partial charge in [0.05, 0.1) is 0 Å². The molecule has 0 saturated carbocycles. The Balaban J connectivity index is 1.62. The van der Waals surface area contributed by atoms with Crippen LogP contribution in [0.25, 0.3) is 0 Å². The zero-order valence-corrected chi connectivity index (χ0v) is 14.2. The zero-order chi connectivity index (χ0) is 17.2. The average molecular weight is 333 g/mol. The molecular weight excluding hydrogens is 306 g/mol. The molecule has 1 unspecified atom stereocenters. The number of aliphatic imine (C=N–C) groups is 1. The number of carbonyl (C=O) groups excluding carboxylic acids is 1. The van der Waals surface area contributed by atoms with E-state index in [4.69, 9.17) is 10.5 Å². The molecule has 1 aliphatic rings. The number of nitrogens with one attached hydrogen (secondary N) is 3. The molecule has 0 aromatic heterocycles. The van der Waals surface area contributed by atoms with Crippen molar-refractivity contribution in [2.24, 2.45) is 10.7 Å². The molecule has 0 spiro atoms. The number of urea groups is 1. The molecule has 1 heterocycles. The van der Waals surface area contributed by atoms with Crippen molar-refractivity contribution in [1.29, 1.82) is 0 Å². The number of benzene rings is 1. The van der Waals surface area contributed by atoms with Gasteiger partial charge < -0.3 is 21.1 Å². The summed E-state index contributed by atoms with van der Waals surface area (Å²) in [6.45, 7) is 4.91. The molecule has 0 saturated heterocycles. The Morgan fingerprint density at radius 3 is 3.04 bits per heavy atom. The van der Waals surface area contributed by atoms with Crippen molar-refractivity contribution < 1.29 is 9.53 Å². The number of fused-ring (bicyclic) bond motifs is 1.